The van der Waals surface area contributed by atoms with E-state index in [1.165, 1.54) is 30.7 Å². The molecule has 2 rings (SSSR count). The molecule has 0 aliphatic heterocycles. The lowest BCUT2D eigenvalue weighted by Gasteiger charge is -2.08. The van der Waals surface area contributed by atoms with Gasteiger partial charge in [-0.05, 0) is 18.2 Å². The summed E-state index contributed by atoms with van der Waals surface area (Å²) in [6.45, 7) is 0. The number of carbonyl (C=O) groups is 1. The van der Waals surface area contributed by atoms with E-state index < -0.39 is 5.91 Å². The number of anilines is 1. The zero-order valence-corrected chi connectivity index (χ0v) is 9.92. The predicted molar refractivity (Wildman–Crippen MR) is 64.8 cm³/mol. The van der Waals surface area contributed by atoms with Gasteiger partial charge in [0.15, 0.2) is 5.75 Å². The second-order valence-electron chi connectivity index (χ2n) is 3.25. The lowest BCUT2D eigenvalue weighted by molar-refractivity contribution is 0.102. The molecular formula is C11H7Cl2NO3. The fourth-order valence-corrected chi connectivity index (χ4v) is 1.74. The largest absolute Gasteiger partial charge is 0.504 e. The van der Waals surface area contributed by atoms with Gasteiger partial charge in [0.25, 0.3) is 5.91 Å². The van der Waals surface area contributed by atoms with E-state index in [1.54, 1.807) is 0 Å². The molecule has 0 unspecified atom stereocenters. The third-order valence-electron chi connectivity index (χ3n) is 2.06. The Bertz CT molecular complexity index is 552. The zero-order chi connectivity index (χ0) is 12.4. The number of hydrogen-bond acceptors (Lipinski definition) is 3. The third kappa shape index (κ3) is 2.54. The molecule has 4 nitrogen and oxygen atoms in total. The van der Waals surface area contributed by atoms with Gasteiger partial charge in [0, 0.05) is 5.02 Å². The van der Waals surface area contributed by atoms with Crippen molar-refractivity contribution in [2.24, 2.45) is 0 Å². The van der Waals surface area contributed by atoms with Crippen molar-refractivity contribution in [2.45, 2.75) is 0 Å². The molecule has 2 aromatic rings. The van der Waals surface area contributed by atoms with Crippen molar-refractivity contribution in [1.29, 1.82) is 0 Å². The van der Waals surface area contributed by atoms with Gasteiger partial charge in [-0.1, -0.05) is 23.2 Å². The predicted octanol–water partition coefficient (Wildman–Crippen LogP) is 3.54. The van der Waals surface area contributed by atoms with E-state index in [1.807, 2.05) is 0 Å². The fourth-order valence-electron chi connectivity index (χ4n) is 1.25. The van der Waals surface area contributed by atoms with Gasteiger partial charge in [0.2, 0.25) is 0 Å². The maximum atomic E-state index is 11.7. The van der Waals surface area contributed by atoms with E-state index >= 15 is 0 Å². The van der Waals surface area contributed by atoms with Gasteiger partial charge in [-0.2, -0.15) is 0 Å². The summed E-state index contributed by atoms with van der Waals surface area (Å²) in [6.07, 6.45) is 2.66. The van der Waals surface area contributed by atoms with Crippen LogP contribution in [0.25, 0.3) is 0 Å². The summed E-state index contributed by atoms with van der Waals surface area (Å²) in [5.41, 5.74) is 0.481. The Morgan fingerprint density at radius 3 is 2.76 bits per heavy atom. The maximum absolute atomic E-state index is 11.7. The van der Waals surface area contributed by atoms with Crippen LogP contribution in [0.5, 0.6) is 5.75 Å². The first-order valence-corrected chi connectivity index (χ1v) is 5.35. The summed E-state index contributed by atoms with van der Waals surface area (Å²) in [4.78, 5) is 11.7. The van der Waals surface area contributed by atoms with E-state index in [2.05, 4.69) is 5.32 Å². The monoisotopic (exact) mass is 271 g/mol. The van der Waals surface area contributed by atoms with Crippen LogP contribution in [0.2, 0.25) is 10.0 Å². The van der Waals surface area contributed by atoms with Crippen LogP contribution < -0.4 is 5.32 Å². The Labute approximate surface area is 107 Å². The normalized spacial score (nSPS) is 10.2. The smallest absolute Gasteiger partial charge is 0.259 e. The van der Waals surface area contributed by atoms with Crippen molar-refractivity contribution in [3.05, 3.63) is 46.3 Å². The molecule has 0 aliphatic rings. The number of phenols is 1. The highest BCUT2D eigenvalue weighted by molar-refractivity contribution is 6.36. The van der Waals surface area contributed by atoms with Crippen LogP contribution in [-0.4, -0.2) is 11.0 Å². The van der Waals surface area contributed by atoms with Crippen LogP contribution in [0.3, 0.4) is 0 Å². The third-order valence-corrected chi connectivity index (χ3v) is 2.57. The Hall–Kier alpha value is -1.65. The number of phenolic OH excluding ortho intramolecular Hbond substituents is 1. The SMILES string of the molecule is O=C(Nc1cc(Cl)cc(Cl)c1O)c1ccoc1. The highest BCUT2D eigenvalue weighted by Crippen LogP contribution is 2.35. The number of hydrogen-bond donors (Lipinski definition) is 2. The van der Waals surface area contributed by atoms with Gasteiger partial charge < -0.3 is 14.8 Å². The molecule has 1 amide bonds. The molecule has 0 saturated heterocycles. The molecular weight excluding hydrogens is 265 g/mol. The molecule has 0 atom stereocenters. The minimum Gasteiger partial charge on any atom is -0.504 e. The minimum atomic E-state index is -0.424. The van der Waals surface area contributed by atoms with Crippen molar-refractivity contribution < 1.29 is 14.3 Å². The summed E-state index contributed by atoms with van der Waals surface area (Å²) in [5, 5.41) is 12.5. The number of carbonyl (C=O) groups excluding carboxylic acids is 1. The van der Waals surface area contributed by atoms with Crippen LogP contribution in [0.15, 0.2) is 35.1 Å². The number of halogens is 2. The van der Waals surface area contributed by atoms with Gasteiger partial charge in [-0.3, -0.25) is 4.79 Å². The first-order valence-electron chi connectivity index (χ1n) is 4.59. The number of furan rings is 1. The molecule has 0 radical (unpaired) electrons. The molecule has 0 aliphatic carbocycles. The van der Waals surface area contributed by atoms with Crippen LogP contribution in [-0.2, 0) is 0 Å². The van der Waals surface area contributed by atoms with E-state index in [4.69, 9.17) is 27.6 Å². The van der Waals surface area contributed by atoms with Crippen molar-refractivity contribution in [1.82, 2.24) is 0 Å². The van der Waals surface area contributed by atoms with Crippen molar-refractivity contribution >= 4 is 34.8 Å². The lowest BCUT2D eigenvalue weighted by Crippen LogP contribution is -2.10. The van der Waals surface area contributed by atoms with Gasteiger partial charge in [-0.25, -0.2) is 0 Å². The van der Waals surface area contributed by atoms with Gasteiger partial charge in [0.05, 0.1) is 22.5 Å². The quantitative estimate of drug-likeness (QED) is 0.822. The molecule has 88 valence electrons. The lowest BCUT2D eigenvalue weighted by atomic mass is 10.2. The average Bonchev–Trinajstić information content (AvgIpc) is 2.78. The zero-order valence-electron chi connectivity index (χ0n) is 8.41. The van der Waals surface area contributed by atoms with E-state index in [0.717, 1.165) is 0 Å². The fraction of sp³-hybridized carbons (Fsp3) is 0. The Morgan fingerprint density at radius 2 is 2.12 bits per heavy atom. The number of amides is 1. The van der Waals surface area contributed by atoms with Gasteiger partial charge >= 0.3 is 0 Å². The molecule has 6 heteroatoms. The molecule has 0 fully saturated rings. The van der Waals surface area contributed by atoms with Crippen LogP contribution in [0.1, 0.15) is 10.4 Å². The highest BCUT2D eigenvalue weighted by Gasteiger charge is 2.12. The van der Waals surface area contributed by atoms with Crippen molar-refractivity contribution in [2.75, 3.05) is 5.32 Å². The Balaban J connectivity index is 2.28. The second-order valence-corrected chi connectivity index (χ2v) is 4.09. The number of nitrogens with one attached hydrogen (secondary N) is 1. The average molecular weight is 272 g/mol. The summed E-state index contributed by atoms with van der Waals surface area (Å²) in [7, 11) is 0. The number of aromatic hydroxyl groups is 1. The highest BCUT2D eigenvalue weighted by atomic mass is 35.5. The molecule has 0 spiro atoms. The molecule has 0 bridgehead atoms. The first kappa shape index (κ1) is 11.8. The molecule has 2 N–H and O–H groups in total. The van der Waals surface area contributed by atoms with Crippen molar-refractivity contribution in [3.8, 4) is 5.75 Å². The first-order chi connectivity index (χ1) is 8.08. The standard InChI is InChI=1S/C11H7Cl2NO3/c12-7-3-8(13)10(15)9(4-7)14-11(16)6-1-2-17-5-6/h1-5,15H,(H,14,16). The molecule has 1 aromatic heterocycles. The van der Waals surface area contributed by atoms with Crippen LogP contribution in [0.4, 0.5) is 5.69 Å². The van der Waals surface area contributed by atoms with E-state index in [9.17, 15) is 9.90 Å². The molecule has 0 saturated carbocycles. The number of benzene rings is 1. The minimum absolute atomic E-state index is 0.0694. The van der Waals surface area contributed by atoms with Gasteiger partial charge in [0.1, 0.15) is 6.26 Å². The molecule has 1 heterocycles. The second kappa shape index (κ2) is 4.69. The molecule has 1 aromatic carbocycles. The summed E-state index contributed by atoms with van der Waals surface area (Å²) >= 11 is 11.5. The van der Waals surface area contributed by atoms with Crippen molar-refractivity contribution in [3.63, 3.8) is 0 Å². The summed E-state index contributed by atoms with van der Waals surface area (Å²) in [5.74, 6) is -0.653. The topological polar surface area (TPSA) is 62.5 Å². The Morgan fingerprint density at radius 1 is 1.35 bits per heavy atom. The molecule has 17 heavy (non-hydrogen) atoms. The summed E-state index contributed by atoms with van der Waals surface area (Å²) in [6, 6.07) is 4.28. The van der Waals surface area contributed by atoms with E-state index in [-0.39, 0.29) is 16.5 Å². The van der Waals surface area contributed by atoms with Crippen LogP contribution in [0, 0.1) is 0 Å². The number of rotatable bonds is 2. The van der Waals surface area contributed by atoms with E-state index in [0.29, 0.717) is 10.6 Å². The summed E-state index contributed by atoms with van der Waals surface area (Å²) < 4.78 is 4.78. The van der Waals surface area contributed by atoms with Gasteiger partial charge in [-0.15, -0.1) is 0 Å². The van der Waals surface area contributed by atoms with Crippen LogP contribution >= 0.6 is 23.2 Å². The Kier molecular flexibility index (Phi) is 3.26. The maximum Gasteiger partial charge on any atom is 0.259 e.